The van der Waals surface area contributed by atoms with E-state index < -0.39 is 11.0 Å². The van der Waals surface area contributed by atoms with Crippen molar-refractivity contribution in [2.45, 2.75) is 18.4 Å². The Morgan fingerprint density at radius 2 is 2.06 bits per heavy atom. The quantitative estimate of drug-likeness (QED) is 0.619. The van der Waals surface area contributed by atoms with Crippen molar-refractivity contribution in [1.82, 2.24) is 10.2 Å². The van der Waals surface area contributed by atoms with E-state index >= 15 is 0 Å². The average Bonchev–Trinajstić information content (AvgIpc) is 2.35. The number of carbonyl (C=O) groups is 1. The van der Waals surface area contributed by atoms with Gasteiger partial charge < -0.3 is 20.1 Å². The molecule has 0 spiro atoms. The molecule has 2 bridgehead atoms. The third-order valence-corrected chi connectivity index (χ3v) is 4.97. The molecule has 0 amide bonds. The van der Waals surface area contributed by atoms with Crippen molar-refractivity contribution in [2.75, 3.05) is 39.8 Å². The number of hydrogen-bond donors (Lipinski definition) is 2. The van der Waals surface area contributed by atoms with Crippen molar-refractivity contribution in [3.8, 4) is 0 Å². The van der Waals surface area contributed by atoms with Crippen LogP contribution < -0.4 is 5.32 Å². The minimum atomic E-state index is -0.913. The summed E-state index contributed by atoms with van der Waals surface area (Å²) in [6.45, 7) is 3.77. The van der Waals surface area contributed by atoms with Gasteiger partial charge in [-0.3, -0.25) is 4.79 Å². The molecule has 1 atom stereocenters. The van der Waals surface area contributed by atoms with Gasteiger partial charge in [0.05, 0.1) is 7.11 Å². The molecule has 17 heavy (non-hydrogen) atoms. The molecular formula is C12H20N2O3. The third kappa shape index (κ3) is 1.33. The Bertz CT molecular complexity index is 335. The van der Waals surface area contributed by atoms with E-state index in [-0.39, 0.29) is 11.9 Å². The molecule has 0 aliphatic carbocycles. The minimum Gasteiger partial charge on any atom is -0.468 e. The molecule has 4 aliphatic heterocycles. The summed E-state index contributed by atoms with van der Waals surface area (Å²) in [6, 6.07) is 0. The second-order valence-corrected chi connectivity index (χ2v) is 5.65. The van der Waals surface area contributed by atoms with E-state index in [1.807, 2.05) is 0 Å². The normalized spacial score (nSPS) is 42.9. The van der Waals surface area contributed by atoms with Gasteiger partial charge in [-0.15, -0.1) is 0 Å². The van der Waals surface area contributed by atoms with Crippen LogP contribution in [-0.2, 0) is 9.53 Å². The number of hydrogen-bond acceptors (Lipinski definition) is 5. The summed E-state index contributed by atoms with van der Waals surface area (Å²) in [4.78, 5) is 14.6. The van der Waals surface area contributed by atoms with Gasteiger partial charge >= 0.3 is 5.97 Å². The van der Waals surface area contributed by atoms with Gasteiger partial charge in [-0.1, -0.05) is 0 Å². The Kier molecular flexibility index (Phi) is 2.47. The van der Waals surface area contributed by atoms with Crippen LogP contribution in [0.1, 0.15) is 12.8 Å². The molecule has 0 aromatic carbocycles. The van der Waals surface area contributed by atoms with E-state index in [0.717, 1.165) is 25.9 Å². The summed E-state index contributed by atoms with van der Waals surface area (Å²) in [5.41, 5.74) is -1.62. The molecule has 2 N–H and O–H groups in total. The standard InChI is InChI=1S/C12H20N2O3/c1-17-10(15)12(11(16)6-13-7-11)8-14-4-2-9(12)3-5-14/h9,13,16H,2-8H2,1H3. The average molecular weight is 240 g/mol. The van der Waals surface area contributed by atoms with Gasteiger partial charge in [0, 0.05) is 19.6 Å². The molecule has 5 heteroatoms. The maximum absolute atomic E-state index is 12.3. The summed E-state index contributed by atoms with van der Waals surface area (Å²) < 4.78 is 5.01. The molecule has 0 aromatic rings. The van der Waals surface area contributed by atoms with Crippen molar-refractivity contribution < 1.29 is 14.6 Å². The minimum absolute atomic E-state index is 0.226. The van der Waals surface area contributed by atoms with E-state index in [1.54, 1.807) is 0 Å². The van der Waals surface area contributed by atoms with Crippen molar-refractivity contribution in [2.24, 2.45) is 11.3 Å². The first-order chi connectivity index (χ1) is 8.12. The summed E-state index contributed by atoms with van der Waals surface area (Å²) in [5, 5.41) is 13.8. The summed E-state index contributed by atoms with van der Waals surface area (Å²) in [6.07, 6.45) is 1.99. The van der Waals surface area contributed by atoms with E-state index in [2.05, 4.69) is 10.2 Å². The van der Waals surface area contributed by atoms with E-state index in [0.29, 0.717) is 19.6 Å². The molecule has 0 aromatic heterocycles. The van der Waals surface area contributed by atoms with Crippen LogP contribution in [0.2, 0.25) is 0 Å². The van der Waals surface area contributed by atoms with Crippen LogP contribution in [0.5, 0.6) is 0 Å². The van der Waals surface area contributed by atoms with Crippen LogP contribution in [0.3, 0.4) is 0 Å². The van der Waals surface area contributed by atoms with Crippen LogP contribution in [0.4, 0.5) is 0 Å². The smallest absolute Gasteiger partial charge is 0.316 e. The lowest BCUT2D eigenvalue weighted by atomic mass is 9.56. The van der Waals surface area contributed by atoms with Gasteiger partial charge in [0.1, 0.15) is 11.0 Å². The SMILES string of the molecule is COC(=O)C1(C2(O)CNC2)CN2CCC1CC2. The topological polar surface area (TPSA) is 61.8 Å². The van der Waals surface area contributed by atoms with Gasteiger partial charge in [0.25, 0.3) is 0 Å². The predicted octanol–water partition coefficient (Wildman–Crippen LogP) is -0.794. The molecule has 4 aliphatic rings. The fourth-order valence-electron chi connectivity index (χ4n) is 3.87. The summed E-state index contributed by atoms with van der Waals surface area (Å²) in [7, 11) is 1.43. The molecular weight excluding hydrogens is 220 g/mol. The van der Waals surface area contributed by atoms with Gasteiger partial charge in [-0.25, -0.2) is 0 Å². The number of ether oxygens (including phenoxy) is 1. The zero-order valence-electron chi connectivity index (χ0n) is 10.2. The number of rotatable bonds is 2. The zero-order chi connectivity index (χ0) is 12.1. The highest BCUT2D eigenvalue weighted by Gasteiger charge is 2.66. The molecule has 4 fully saturated rings. The number of β-amino-alcohol motifs (C(OH)–C–C–N with tert-alkyl or cyclic N) is 1. The Hall–Kier alpha value is -0.650. The number of nitrogens with zero attached hydrogens (tertiary/aromatic N) is 1. The molecule has 4 heterocycles. The first kappa shape index (κ1) is 11.4. The fraction of sp³-hybridized carbons (Fsp3) is 0.917. The fourth-order valence-corrected chi connectivity index (χ4v) is 3.87. The Labute approximate surface area is 101 Å². The maximum atomic E-state index is 12.3. The zero-order valence-corrected chi connectivity index (χ0v) is 10.2. The number of methoxy groups -OCH3 is 1. The van der Waals surface area contributed by atoms with Gasteiger partial charge in [0.2, 0.25) is 0 Å². The predicted molar refractivity (Wildman–Crippen MR) is 61.4 cm³/mol. The molecule has 5 nitrogen and oxygen atoms in total. The highest BCUT2D eigenvalue weighted by atomic mass is 16.5. The number of aliphatic hydroxyl groups is 1. The lowest BCUT2D eigenvalue weighted by Crippen LogP contribution is -2.77. The van der Waals surface area contributed by atoms with E-state index in [9.17, 15) is 9.90 Å². The van der Waals surface area contributed by atoms with Crippen molar-refractivity contribution in [3.05, 3.63) is 0 Å². The molecule has 1 unspecified atom stereocenters. The number of esters is 1. The second kappa shape index (κ2) is 3.67. The largest absolute Gasteiger partial charge is 0.468 e. The Morgan fingerprint density at radius 3 is 2.41 bits per heavy atom. The van der Waals surface area contributed by atoms with Crippen LogP contribution in [0.15, 0.2) is 0 Å². The highest BCUT2D eigenvalue weighted by molar-refractivity contribution is 5.80. The van der Waals surface area contributed by atoms with Crippen LogP contribution in [0.25, 0.3) is 0 Å². The monoisotopic (exact) mass is 240 g/mol. The van der Waals surface area contributed by atoms with Crippen molar-refractivity contribution >= 4 is 5.97 Å². The van der Waals surface area contributed by atoms with Crippen molar-refractivity contribution in [3.63, 3.8) is 0 Å². The van der Waals surface area contributed by atoms with E-state index in [4.69, 9.17) is 4.74 Å². The molecule has 96 valence electrons. The van der Waals surface area contributed by atoms with Crippen LogP contribution in [-0.4, -0.2) is 61.4 Å². The number of nitrogens with one attached hydrogen (secondary N) is 1. The second-order valence-electron chi connectivity index (χ2n) is 5.65. The van der Waals surface area contributed by atoms with Crippen molar-refractivity contribution in [1.29, 1.82) is 0 Å². The first-order valence-electron chi connectivity index (χ1n) is 6.36. The van der Waals surface area contributed by atoms with Gasteiger partial charge in [-0.05, 0) is 31.8 Å². The summed E-state index contributed by atoms with van der Waals surface area (Å²) >= 11 is 0. The molecule has 0 saturated carbocycles. The van der Waals surface area contributed by atoms with Gasteiger partial charge in [-0.2, -0.15) is 0 Å². The lowest BCUT2D eigenvalue weighted by Gasteiger charge is -2.60. The molecule has 0 radical (unpaired) electrons. The lowest BCUT2D eigenvalue weighted by molar-refractivity contribution is -0.214. The van der Waals surface area contributed by atoms with Gasteiger partial charge in [0.15, 0.2) is 0 Å². The molecule has 4 saturated heterocycles. The maximum Gasteiger partial charge on any atom is 0.316 e. The first-order valence-corrected chi connectivity index (χ1v) is 6.36. The Balaban J connectivity index is 1.99. The number of fused-ring (bicyclic) bond motifs is 3. The third-order valence-electron chi connectivity index (χ3n) is 4.97. The Morgan fingerprint density at radius 1 is 1.41 bits per heavy atom. The molecule has 4 rings (SSSR count). The van der Waals surface area contributed by atoms with Crippen LogP contribution in [0, 0.1) is 11.3 Å². The highest BCUT2D eigenvalue weighted by Crippen LogP contribution is 2.51. The number of piperidine rings is 3. The summed E-state index contributed by atoms with van der Waals surface area (Å²) in [5.74, 6) is 0.0444. The number of carbonyl (C=O) groups excluding carboxylic acids is 1. The van der Waals surface area contributed by atoms with E-state index in [1.165, 1.54) is 7.11 Å². The van der Waals surface area contributed by atoms with Crippen LogP contribution >= 0.6 is 0 Å².